The van der Waals surface area contributed by atoms with Crippen LogP contribution in [0, 0.1) is 0 Å². The number of aliphatic carboxylic acids is 1. The number of ether oxygens (including phenoxy) is 3. The van der Waals surface area contributed by atoms with Crippen molar-refractivity contribution in [1.29, 1.82) is 0 Å². The van der Waals surface area contributed by atoms with Crippen LogP contribution < -0.4 is 5.32 Å². The summed E-state index contributed by atoms with van der Waals surface area (Å²) in [5.74, 6) is -1.46. The van der Waals surface area contributed by atoms with Gasteiger partial charge in [-0.2, -0.15) is 0 Å². The number of hydrogen-bond acceptors (Lipinski definition) is 7. The molecular weight excluding hydrogens is 394 g/mol. The highest BCUT2D eigenvalue weighted by Crippen LogP contribution is 2.23. The monoisotopic (exact) mass is 417 g/mol. The Balaban J connectivity index is 1.67. The molecule has 1 aliphatic rings. The van der Waals surface area contributed by atoms with Gasteiger partial charge in [-0.25, -0.2) is 9.59 Å². The third kappa shape index (κ3) is 5.55. The molecule has 30 heavy (non-hydrogen) atoms. The number of alkyl carbamates (subject to hydrolysis) is 1. The fourth-order valence-electron chi connectivity index (χ4n) is 3.02. The van der Waals surface area contributed by atoms with Crippen LogP contribution in [-0.4, -0.2) is 58.0 Å². The second-order valence-corrected chi connectivity index (χ2v) is 6.77. The molecule has 0 saturated carbocycles. The zero-order chi connectivity index (χ0) is 21.5. The third-order valence-corrected chi connectivity index (χ3v) is 4.60. The topological polar surface area (TPSA) is 135 Å². The molecular formula is C21H23NO8. The van der Waals surface area contributed by atoms with E-state index in [0.717, 1.165) is 11.1 Å². The van der Waals surface area contributed by atoms with Crippen molar-refractivity contribution in [3.8, 4) is 0 Å². The lowest BCUT2D eigenvalue weighted by Gasteiger charge is -2.41. The standard InChI is InChI=1S/C21H23NO8/c23-16-15(22-21(27)29-12-14-9-5-2-6-10-14)20(30-18(17(16)24)19(25)26)28-11-13-7-3-1-4-8-13/h1-10,15-18,20,23-24H,11-12H2,(H,22,27)(H,25,26)/t15-,16+,17-,18-,20-/m0/s1. The minimum absolute atomic E-state index is 0.00775. The van der Waals surface area contributed by atoms with Crippen molar-refractivity contribution in [1.82, 2.24) is 5.32 Å². The number of hydrogen-bond donors (Lipinski definition) is 4. The number of benzene rings is 2. The average Bonchev–Trinajstić information content (AvgIpc) is 2.76. The molecule has 0 aliphatic carbocycles. The Labute approximate surface area is 172 Å². The molecule has 3 rings (SSSR count). The minimum atomic E-state index is -1.77. The summed E-state index contributed by atoms with van der Waals surface area (Å²) in [6.45, 7) is 0.0318. The van der Waals surface area contributed by atoms with Gasteiger partial charge in [-0.15, -0.1) is 0 Å². The first kappa shape index (κ1) is 21.7. The van der Waals surface area contributed by atoms with Crippen molar-refractivity contribution in [3.05, 3.63) is 71.8 Å². The number of carbonyl (C=O) groups is 2. The predicted molar refractivity (Wildman–Crippen MR) is 103 cm³/mol. The molecule has 0 radical (unpaired) electrons. The zero-order valence-corrected chi connectivity index (χ0v) is 16.0. The van der Waals surface area contributed by atoms with E-state index in [1.54, 1.807) is 48.5 Å². The van der Waals surface area contributed by atoms with Crippen LogP contribution in [0.25, 0.3) is 0 Å². The van der Waals surface area contributed by atoms with E-state index in [-0.39, 0.29) is 13.2 Å². The van der Waals surface area contributed by atoms with Crippen LogP contribution in [0.4, 0.5) is 4.79 Å². The van der Waals surface area contributed by atoms with E-state index in [0.29, 0.717) is 0 Å². The van der Waals surface area contributed by atoms with Gasteiger partial charge in [-0.3, -0.25) is 0 Å². The summed E-state index contributed by atoms with van der Waals surface area (Å²) in [6.07, 6.45) is -7.32. The largest absolute Gasteiger partial charge is 0.479 e. The van der Waals surface area contributed by atoms with Gasteiger partial charge in [0.2, 0.25) is 0 Å². The first-order valence-corrected chi connectivity index (χ1v) is 9.33. The Bertz CT molecular complexity index is 831. The summed E-state index contributed by atoms with van der Waals surface area (Å²) in [5, 5.41) is 32.2. The highest BCUT2D eigenvalue weighted by molar-refractivity contribution is 5.73. The molecule has 1 fully saturated rings. The van der Waals surface area contributed by atoms with Gasteiger partial charge >= 0.3 is 12.1 Å². The number of nitrogens with one attached hydrogen (secondary N) is 1. The van der Waals surface area contributed by atoms with Crippen molar-refractivity contribution in [2.24, 2.45) is 0 Å². The fourth-order valence-corrected chi connectivity index (χ4v) is 3.02. The van der Waals surface area contributed by atoms with Crippen LogP contribution in [0.5, 0.6) is 0 Å². The molecule has 2 aromatic rings. The number of aliphatic hydroxyl groups excluding tert-OH is 2. The van der Waals surface area contributed by atoms with Crippen molar-refractivity contribution >= 4 is 12.1 Å². The maximum atomic E-state index is 12.2. The lowest BCUT2D eigenvalue weighted by atomic mass is 9.97. The first-order chi connectivity index (χ1) is 14.5. The maximum Gasteiger partial charge on any atom is 0.407 e. The summed E-state index contributed by atoms with van der Waals surface area (Å²) in [4.78, 5) is 23.6. The summed E-state index contributed by atoms with van der Waals surface area (Å²) < 4.78 is 16.1. The number of carbonyl (C=O) groups excluding carboxylic acids is 1. The van der Waals surface area contributed by atoms with Gasteiger partial charge in [0, 0.05) is 0 Å². The summed E-state index contributed by atoms with van der Waals surface area (Å²) >= 11 is 0. The molecule has 4 N–H and O–H groups in total. The van der Waals surface area contributed by atoms with Crippen LogP contribution in [0.2, 0.25) is 0 Å². The molecule has 0 aromatic heterocycles. The van der Waals surface area contributed by atoms with E-state index in [1.807, 2.05) is 12.1 Å². The number of amides is 1. The summed E-state index contributed by atoms with van der Waals surface area (Å²) in [7, 11) is 0. The lowest BCUT2D eigenvalue weighted by Crippen LogP contribution is -2.65. The van der Waals surface area contributed by atoms with Gasteiger partial charge in [0.05, 0.1) is 6.61 Å². The predicted octanol–water partition coefficient (Wildman–Crippen LogP) is 1.03. The first-order valence-electron chi connectivity index (χ1n) is 9.33. The maximum absolute atomic E-state index is 12.2. The Morgan fingerprint density at radius 1 is 0.900 bits per heavy atom. The minimum Gasteiger partial charge on any atom is -0.479 e. The molecule has 9 heteroatoms. The Morgan fingerprint density at radius 2 is 1.47 bits per heavy atom. The number of rotatable bonds is 7. The van der Waals surface area contributed by atoms with Crippen LogP contribution in [-0.2, 0) is 32.2 Å². The molecule has 1 aliphatic heterocycles. The third-order valence-electron chi connectivity index (χ3n) is 4.60. The lowest BCUT2D eigenvalue weighted by molar-refractivity contribution is -0.266. The van der Waals surface area contributed by atoms with E-state index in [4.69, 9.17) is 14.2 Å². The number of carboxylic acids is 1. The molecule has 0 spiro atoms. The van der Waals surface area contributed by atoms with Crippen LogP contribution in [0.3, 0.4) is 0 Å². The molecule has 160 valence electrons. The quantitative estimate of drug-likeness (QED) is 0.525. The molecule has 1 saturated heterocycles. The second-order valence-electron chi connectivity index (χ2n) is 6.77. The van der Waals surface area contributed by atoms with E-state index < -0.39 is 42.7 Å². The van der Waals surface area contributed by atoms with Crippen LogP contribution >= 0.6 is 0 Å². The number of carboxylic acid groups (broad SMARTS) is 1. The van der Waals surface area contributed by atoms with Gasteiger partial charge in [-0.05, 0) is 11.1 Å². The van der Waals surface area contributed by atoms with E-state index in [1.165, 1.54) is 0 Å². The summed E-state index contributed by atoms with van der Waals surface area (Å²) in [6, 6.07) is 16.7. The van der Waals surface area contributed by atoms with E-state index >= 15 is 0 Å². The van der Waals surface area contributed by atoms with E-state index in [9.17, 15) is 24.9 Å². The highest BCUT2D eigenvalue weighted by Gasteiger charge is 2.49. The number of aliphatic hydroxyl groups is 2. The molecule has 0 unspecified atom stereocenters. The molecule has 1 amide bonds. The fraction of sp³-hybridized carbons (Fsp3) is 0.333. The van der Waals surface area contributed by atoms with Gasteiger partial charge in [0.25, 0.3) is 0 Å². The normalized spacial score (nSPS) is 26.0. The molecule has 9 nitrogen and oxygen atoms in total. The Hall–Kier alpha value is -2.98. The van der Waals surface area contributed by atoms with Gasteiger partial charge < -0.3 is 34.8 Å². The molecule has 1 heterocycles. The van der Waals surface area contributed by atoms with Crippen LogP contribution in [0.15, 0.2) is 60.7 Å². The zero-order valence-electron chi connectivity index (χ0n) is 16.0. The van der Waals surface area contributed by atoms with Crippen molar-refractivity contribution < 1.29 is 39.1 Å². The second kappa shape index (κ2) is 10.2. The Morgan fingerprint density at radius 3 is 2.03 bits per heavy atom. The van der Waals surface area contributed by atoms with Crippen LogP contribution in [0.1, 0.15) is 11.1 Å². The molecule has 5 atom stereocenters. The average molecular weight is 417 g/mol. The van der Waals surface area contributed by atoms with Gasteiger partial charge in [0.1, 0.15) is 24.9 Å². The molecule has 2 aromatic carbocycles. The SMILES string of the molecule is O=C(N[C@@H]1[C@@H](OCc2ccccc2)O[C@H](C(=O)O)[C@@H](O)[C@@H]1O)OCc1ccccc1. The van der Waals surface area contributed by atoms with Crippen molar-refractivity contribution in [2.75, 3.05) is 0 Å². The molecule has 0 bridgehead atoms. The Kier molecular flexibility index (Phi) is 7.36. The van der Waals surface area contributed by atoms with Gasteiger partial charge in [0.15, 0.2) is 12.4 Å². The summed E-state index contributed by atoms with van der Waals surface area (Å²) in [5.41, 5.74) is 1.54. The van der Waals surface area contributed by atoms with Crippen molar-refractivity contribution in [3.63, 3.8) is 0 Å². The van der Waals surface area contributed by atoms with E-state index in [2.05, 4.69) is 5.32 Å². The van der Waals surface area contributed by atoms with Crippen molar-refractivity contribution in [2.45, 2.75) is 43.9 Å². The smallest absolute Gasteiger partial charge is 0.407 e. The van der Waals surface area contributed by atoms with Gasteiger partial charge in [-0.1, -0.05) is 60.7 Å². The highest BCUT2D eigenvalue weighted by atomic mass is 16.7.